The van der Waals surface area contributed by atoms with Gasteiger partial charge in [-0.25, -0.2) is 28.7 Å². The molecule has 0 aliphatic carbocycles. The molecule has 0 saturated carbocycles. The fourth-order valence-electron chi connectivity index (χ4n) is 6.21. The predicted molar refractivity (Wildman–Crippen MR) is 231 cm³/mol. The molecule has 7 rings (SSSR count). The van der Waals surface area contributed by atoms with Crippen LogP contribution in [0, 0.1) is 11.6 Å². The van der Waals surface area contributed by atoms with E-state index in [1.165, 1.54) is 28.7 Å². The second-order valence-corrected chi connectivity index (χ2v) is 15.6. The topological polar surface area (TPSA) is 200 Å². The van der Waals surface area contributed by atoms with Crippen molar-refractivity contribution < 1.29 is 40.6 Å². The molecule has 5 N–H and O–H groups in total. The molecule has 0 aliphatic heterocycles. The molecule has 4 heterocycles. The second kappa shape index (κ2) is 22.1. The van der Waals surface area contributed by atoms with Gasteiger partial charge in [-0.1, -0.05) is 91.0 Å². The van der Waals surface area contributed by atoms with E-state index in [0.717, 1.165) is 26.7 Å². The third-order valence-corrected chi connectivity index (χ3v) is 10.2. The minimum Gasteiger partial charge on any atom is -0.396 e. The van der Waals surface area contributed by atoms with E-state index < -0.39 is 33.9 Å². The molecule has 0 fully saturated rings. The molecule has 0 saturated heterocycles. The lowest BCUT2D eigenvalue weighted by atomic mass is 9.76. The van der Waals surface area contributed by atoms with Crippen LogP contribution in [0.3, 0.4) is 0 Å². The lowest BCUT2D eigenvalue weighted by Crippen LogP contribution is -2.38. The van der Waals surface area contributed by atoms with Gasteiger partial charge in [-0.15, -0.1) is 22.7 Å². The summed E-state index contributed by atoms with van der Waals surface area (Å²) in [6.45, 7) is 4.65. The summed E-state index contributed by atoms with van der Waals surface area (Å²) in [5, 5.41) is 8.85. The second-order valence-electron chi connectivity index (χ2n) is 12.7. The number of nitrogens with two attached hydrogens (primary N) is 1. The first-order valence-electron chi connectivity index (χ1n) is 18.6. The summed E-state index contributed by atoms with van der Waals surface area (Å²) in [5.41, 5.74) is 8.74. The van der Waals surface area contributed by atoms with E-state index in [9.17, 15) is 9.18 Å². The summed E-state index contributed by atoms with van der Waals surface area (Å²) in [6, 6.07) is 33.2. The van der Waals surface area contributed by atoms with E-state index in [-0.39, 0.29) is 35.6 Å². The first-order chi connectivity index (χ1) is 29.4. The van der Waals surface area contributed by atoms with Crippen LogP contribution in [-0.2, 0) is 38.3 Å². The van der Waals surface area contributed by atoms with Gasteiger partial charge in [0.1, 0.15) is 11.2 Å². The smallest absolute Gasteiger partial charge is 0.394 e. The average molecular weight is 889 g/mol. The zero-order valence-corrected chi connectivity index (χ0v) is 35.3. The molecule has 0 bridgehead atoms. The van der Waals surface area contributed by atoms with Crippen LogP contribution in [-0.4, -0.2) is 57.0 Å². The Kier molecular flexibility index (Phi) is 16.8. The Bertz CT molecular complexity index is 2430. The summed E-state index contributed by atoms with van der Waals surface area (Å²) in [4.78, 5) is 27.5. The Balaban J connectivity index is 0.000000276. The Morgan fingerprint density at radius 3 is 1.59 bits per heavy atom. The van der Waals surface area contributed by atoms with Crippen molar-refractivity contribution in [3.8, 4) is 0 Å². The number of hydrogen-bond donors (Lipinski definition) is 4. The Hall–Kier alpha value is -5.86. The minimum atomic E-state index is -4.67. The fourth-order valence-corrected chi connectivity index (χ4v) is 7.45. The highest BCUT2D eigenvalue weighted by Gasteiger charge is 2.38. The van der Waals surface area contributed by atoms with E-state index in [1.807, 2.05) is 73.8 Å². The van der Waals surface area contributed by atoms with Crippen molar-refractivity contribution >= 4 is 50.7 Å². The number of pyridine rings is 2. The third kappa shape index (κ3) is 12.8. The summed E-state index contributed by atoms with van der Waals surface area (Å²) in [6.07, 6.45) is 3.66. The van der Waals surface area contributed by atoms with E-state index in [2.05, 4.69) is 56.7 Å². The molecule has 7 aromatic rings. The number of nitrogen functional groups attached to an aromatic ring is 1. The third-order valence-electron chi connectivity index (χ3n) is 8.67. The number of anilines is 2. The number of ether oxygens (including phenoxy) is 2. The monoisotopic (exact) mass is 888 g/mol. The average Bonchev–Trinajstić information content (AvgIpc) is 3.98. The van der Waals surface area contributed by atoms with Gasteiger partial charge in [0.2, 0.25) is 6.29 Å². The molecular formula is C43H42F2N6O7S3. The number of benzene rings is 3. The molecular weight excluding hydrogens is 847 g/mol. The van der Waals surface area contributed by atoms with Gasteiger partial charge < -0.3 is 20.5 Å². The van der Waals surface area contributed by atoms with E-state index in [1.54, 1.807) is 23.8 Å². The molecule has 0 radical (unpaired) electrons. The van der Waals surface area contributed by atoms with Gasteiger partial charge >= 0.3 is 10.4 Å². The molecule has 4 aromatic heterocycles. The molecule has 18 heteroatoms. The van der Waals surface area contributed by atoms with Crippen LogP contribution in [0.4, 0.5) is 20.2 Å². The maximum Gasteiger partial charge on any atom is 0.394 e. The van der Waals surface area contributed by atoms with Crippen LogP contribution in [0.5, 0.6) is 0 Å². The number of nitrogens with zero attached hydrogens (tertiary/aromatic N) is 4. The number of aromatic nitrogens is 4. The molecule has 0 aliphatic rings. The van der Waals surface area contributed by atoms with E-state index >= 15 is 4.39 Å². The zero-order valence-electron chi connectivity index (χ0n) is 32.9. The number of carbonyl (C=O) groups is 1. The van der Waals surface area contributed by atoms with Crippen molar-refractivity contribution in [2.24, 2.45) is 0 Å². The quantitative estimate of drug-likeness (QED) is 0.0330. The lowest BCUT2D eigenvalue weighted by molar-refractivity contribution is -0.142. The number of aldehydes is 1. The van der Waals surface area contributed by atoms with Crippen LogP contribution in [0.2, 0.25) is 0 Å². The van der Waals surface area contributed by atoms with Crippen LogP contribution >= 0.6 is 22.7 Å². The van der Waals surface area contributed by atoms with Gasteiger partial charge in [0.25, 0.3) is 0 Å². The van der Waals surface area contributed by atoms with Crippen molar-refractivity contribution in [1.82, 2.24) is 19.9 Å². The van der Waals surface area contributed by atoms with Crippen LogP contribution < -0.4 is 11.1 Å². The predicted octanol–water partition coefficient (Wildman–Crippen LogP) is 8.75. The normalized spacial score (nSPS) is 11.3. The van der Waals surface area contributed by atoms with E-state index in [4.69, 9.17) is 37.7 Å². The first-order valence-corrected chi connectivity index (χ1v) is 21.8. The van der Waals surface area contributed by atoms with Gasteiger partial charge in [0.05, 0.1) is 38.5 Å². The van der Waals surface area contributed by atoms with Crippen LogP contribution in [0.1, 0.15) is 74.4 Å². The van der Waals surface area contributed by atoms with Gasteiger partial charge in [-0.05, 0) is 42.7 Å². The van der Waals surface area contributed by atoms with Gasteiger partial charge in [0.15, 0.2) is 17.9 Å². The molecule has 61 heavy (non-hydrogen) atoms. The largest absolute Gasteiger partial charge is 0.396 e. The molecule has 0 unspecified atom stereocenters. The zero-order chi connectivity index (χ0) is 43.8. The highest BCUT2D eigenvalue weighted by atomic mass is 32.3. The van der Waals surface area contributed by atoms with Crippen LogP contribution in [0.25, 0.3) is 0 Å². The number of halogens is 2. The highest BCUT2D eigenvalue weighted by molar-refractivity contribution is 7.79. The number of rotatable bonds is 15. The number of hydrogen-bond acceptors (Lipinski definition) is 13. The Morgan fingerprint density at radius 2 is 1.20 bits per heavy atom. The molecule has 0 spiro atoms. The van der Waals surface area contributed by atoms with Crippen molar-refractivity contribution in [2.75, 3.05) is 24.3 Å². The van der Waals surface area contributed by atoms with Crippen LogP contribution in [0.15, 0.2) is 126 Å². The summed E-state index contributed by atoms with van der Waals surface area (Å²) >= 11 is 2.87. The molecule has 3 aromatic carbocycles. The highest BCUT2D eigenvalue weighted by Crippen LogP contribution is 2.41. The Labute approximate surface area is 359 Å². The van der Waals surface area contributed by atoms with Gasteiger partial charge in [0, 0.05) is 49.2 Å². The number of carbonyl (C=O) groups excluding carboxylic acids is 1. The molecule has 0 atom stereocenters. The minimum absolute atomic E-state index is 0.0661. The maximum atomic E-state index is 16.5. The van der Waals surface area contributed by atoms with Gasteiger partial charge in [-0.3, -0.25) is 13.9 Å². The maximum absolute atomic E-state index is 16.5. The number of thiazole rings is 2. The molecule has 0 amide bonds. The standard InChI is InChI=1S/C33H32FN3O2S.C10H8FN3OS.H2O4S/c1-3-38-32(39-4-2)29-22-28(31(34)27(36-29)23-30-35-20-21-40-30)37-33(24-14-8-5-9-15-24,25-16-10-6-11-17-25)26-18-12-7-13-19-26;11-10-7(12)3-6(5-15)14-8(10)4-9-13-1-2-16-9;1-5(2,3)4/h5-22,32H,3-4,23H2,1-2H3,(H,36,37);1-3,5H,4H2,(H2,12,14);(H2,1,2,3,4). The number of nitrogens with one attached hydrogen (secondary N) is 1. The lowest BCUT2D eigenvalue weighted by Gasteiger charge is -2.38. The van der Waals surface area contributed by atoms with E-state index in [0.29, 0.717) is 30.9 Å². The SMILES string of the molecule is CCOC(OCC)c1cc(NC(c2ccccc2)(c2ccccc2)c2ccccc2)c(F)c(Cc2nccs2)n1.Nc1cc(C=O)nc(Cc2nccs2)c1F.O=S(=O)(O)O. The summed E-state index contributed by atoms with van der Waals surface area (Å²) < 4.78 is 73.5. The van der Waals surface area contributed by atoms with Crippen molar-refractivity contribution in [3.05, 3.63) is 187 Å². The Morgan fingerprint density at radius 1 is 0.754 bits per heavy atom. The molecule has 13 nitrogen and oxygen atoms in total. The molecule has 318 valence electrons. The summed E-state index contributed by atoms with van der Waals surface area (Å²) in [5.74, 6) is -1.02. The van der Waals surface area contributed by atoms with Crippen molar-refractivity contribution in [1.29, 1.82) is 0 Å². The fraction of sp³-hybridized carbons (Fsp3) is 0.186. The first kappa shape index (κ1) is 46.2. The van der Waals surface area contributed by atoms with Crippen molar-refractivity contribution in [2.45, 2.75) is 38.5 Å². The summed E-state index contributed by atoms with van der Waals surface area (Å²) in [7, 11) is -4.67. The van der Waals surface area contributed by atoms with Crippen molar-refractivity contribution in [3.63, 3.8) is 0 Å². The van der Waals surface area contributed by atoms with Gasteiger partial charge in [-0.2, -0.15) is 8.42 Å².